The van der Waals surface area contributed by atoms with Gasteiger partial charge in [-0.15, -0.1) is 0 Å². The molecule has 0 aromatic rings. The number of phosphoric ester groups is 1. The van der Waals surface area contributed by atoms with Crippen molar-refractivity contribution in [3.05, 3.63) is 0 Å². The maximum atomic E-state index is 11.9. The van der Waals surface area contributed by atoms with Crippen LogP contribution >= 0.6 is 7.82 Å². The minimum Gasteiger partial charge on any atom is -0.302 e. The van der Waals surface area contributed by atoms with Crippen molar-refractivity contribution in [2.45, 2.75) is 79.1 Å². The second-order valence-corrected chi connectivity index (χ2v) is 7.35. The van der Waals surface area contributed by atoms with Gasteiger partial charge >= 0.3 is 7.82 Å². The predicted octanol–water partition coefficient (Wildman–Crippen LogP) is 5.55. The van der Waals surface area contributed by atoms with E-state index in [0.29, 0.717) is 25.0 Å². The van der Waals surface area contributed by atoms with E-state index in [1.165, 1.54) is 0 Å². The largest absolute Gasteiger partial charge is 0.472 e. The fraction of sp³-hybridized carbons (Fsp3) is 1.00. The molecule has 4 nitrogen and oxygen atoms in total. The van der Waals surface area contributed by atoms with Crippen molar-refractivity contribution in [1.29, 1.82) is 0 Å². The molecule has 0 aliphatic carbocycles. The van der Waals surface area contributed by atoms with E-state index in [9.17, 15) is 9.46 Å². The Bertz CT molecular complexity index is 265. The van der Waals surface area contributed by atoms with Crippen molar-refractivity contribution >= 4 is 7.82 Å². The monoisotopic (exact) mass is 381 g/mol. The summed E-state index contributed by atoms with van der Waals surface area (Å²) in [4.78, 5) is 9.77. The van der Waals surface area contributed by atoms with E-state index in [4.69, 9.17) is 9.05 Å². The van der Waals surface area contributed by atoms with Crippen LogP contribution in [0.3, 0.4) is 0 Å². The molecule has 0 aliphatic heterocycles. The molecule has 0 heterocycles. The van der Waals surface area contributed by atoms with Gasteiger partial charge in [-0.2, -0.15) is 0 Å². The average Bonchev–Trinajstić information content (AvgIpc) is 2.47. The van der Waals surface area contributed by atoms with Gasteiger partial charge in [0.25, 0.3) is 0 Å². The summed E-state index contributed by atoms with van der Waals surface area (Å²) in [5, 5.41) is 0. The van der Waals surface area contributed by atoms with E-state index >= 15 is 0 Å². The molecule has 0 fully saturated rings. The Balaban J connectivity index is 0. The maximum absolute atomic E-state index is 11.9. The van der Waals surface area contributed by atoms with Gasteiger partial charge in [-0.25, -0.2) is 4.57 Å². The fourth-order valence-electron chi connectivity index (χ4n) is 2.23. The molecule has 0 saturated heterocycles. The molecule has 2 atom stereocenters. The number of rotatable bonds is 14. The molecule has 0 rings (SSSR count). The second kappa shape index (κ2) is 15.2. The summed E-state index contributed by atoms with van der Waals surface area (Å²) in [7, 11) is -3.89. The first-order chi connectivity index (χ1) is 9.99. The van der Waals surface area contributed by atoms with E-state index in [1.54, 1.807) is 0 Å². The van der Waals surface area contributed by atoms with Crippen molar-refractivity contribution in [1.82, 2.24) is 0 Å². The normalized spacial score (nSPS) is 16.6. The Labute approximate surface area is 147 Å². The van der Waals surface area contributed by atoms with Gasteiger partial charge in [0.15, 0.2) is 0 Å². The molecule has 22 heavy (non-hydrogen) atoms. The third-order valence-electron chi connectivity index (χ3n) is 4.03. The summed E-state index contributed by atoms with van der Waals surface area (Å²) < 4.78 is 22.2. The van der Waals surface area contributed by atoms with Crippen LogP contribution in [-0.4, -0.2) is 18.1 Å². The number of hydrogen-bond acceptors (Lipinski definition) is 3. The average molecular weight is 381 g/mol. The van der Waals surface area contributed by atoms with E-state index in [1.807, 2.05) is 0 Å². The van der Waals surface area contributed by atoms with E-state index < -0.39 is 7.82 Å². The zero-order valence-electron chi connectivity index (χ0n) is 14.7. The summed E-state index contributed by atoms with van der Waals surface area (Å²) in [5.74, 6) is 0.687. The molecule has 1 radical (unpaired) electrons. The Kier molecular flexibility index (Phi) is 17.1. The summed E-state index contributed by atoms with van der Waals surface area (Å²) in [5.41, 5.74) is 0. The molecule has 0 saturated carbocycles. The van der Waals surface area contributed by atoms with Crippen molar-refractivity contribution in [3.8, 4) is 0 Å². The zero-order chi connectivity index (χ0) is 16.1. The van der Waals surface area contributed by atoms with Gasteiger partial charge in [0.1, 0.15) is 0 Å². The first-order valence-electron chi connectivity index (χ1n) is 8.60. The van der Waals surface area contributed by atoms with Gasteiger partial charge < -0.3 is 4.89 Å². The molecular weight excluding hydrogens is 346 g/mol. The van der Waals surface area contributed by atoms with Crippen LogP contribution in [-0.2, 0) is 30.4 Å². The van der Waals surface area contributed by atoms with Gasteiger partial charge in [0.2, 0.25) is 0 Å². The van der Waals surface area contributed by atoms with Crippen molar-refractivity contribution in [2.24, 2.45) is 11.8 Å². The Morgan fingerprint density at radius 3 is 1.50 bits per heavy atom. The molecular formula is C16H35CoO4P. The number of hydrogen-bond donors (Lipinski definition) is 1. The Morgan fingerprint density at radius 1 is 0.864 bits per heavy atom. The minimum atomic E-state index is -3.89. The van der Waals surface area contributed by atoms with Crippen molar-refractivity contribution in [2.75, 3.05) is 13.2 Å². The fourth-order valence-corrected chi connectivity index (χ4v) is 3.11. The Morgan fingerprint density at radius 2 is 1.23 bits per heavy atom. The van der Waals surface area contributed by atoms with Crippen LogP contribution in [0, 0.1) is 11.8 Å². The summed E-state index contributed by atoms with van der Waals surface area (Å²) >= 11 is 0. The van der Waals surface area contributed by atoms with Gasteiger partial charge in [0, 0.05) is 16.8 Å². The SMILES string of the molecule is CCCCC(CC)COP(=O)(O)OCC(CC)CCCC.[Co]. The molecule has 6 heteroatoms. The first kappa shape index (κ1) is 24.9. The standard InChI is InChI=1S/C16H35O4P.Co/c1-5-9-11-15(7-3)13-19-21(17,18)20-14-16(8-4)12-10-6-2;/h15-16H,5-14H2,1-4H3,(H,17,18);. The molecule has 0 aromatic carbocycles. The van der Waals surface area contributed by atoms with Gasteiger partial charge in [-0.3, -0.25) is 9.05 Å². The van der Waals surface area contributed by atoms with Crippen LogP contribution in [0.1, 0.15) is 79.1 Å². The quantitative estimate of drug-likeness (QED) is 0.401. The first-order valence-corrected chi connectivity index (χ1v) is 10.1. The van der Waals surface area contributed by atoms with E-state index in [-0.39, 0.29) is 16.8 Å². The van der Waals surface area contributed by atoms with Gasteiger partial charge in [-0.1, -0.05) is 66.2 Å². The number of unbranched alkanes of at least 4 members (excludes halogenated alkanes) is 2. The zero-order valence-corrected chi connectivity index (χ0v) is 16.6. The third-order valence-corrected chi connectivity index (χ3v) is 4.98. The van der Waals surface area contributed by atoms with Crippen molar-refractivity contribution < 1.29 is 35.3 Å². The predicted molar refractivity (Wildman–Crippen MR) is 88.3 cm³/mol. The maximum Gasteiger partial charge on any atom is 0.472 e. The molecule has 0 amide bonds. The summed E-state index contributed by atoms with van der Waals surface area (Å²) in [6.45, 7) is 9.10. The summed E-state index contributed by atoms with van der Waals surface area (Å²) in [6, 6.07) is 0. The molecule has 0 aromatic heterocycles. The Hall–Kier alpha value is 0.616. The molecule has 2 unspecified atom stereocenters. The van der Waals surface area contributed by atoms with Crippen LogP contribution < -0.4 is 0 Å². The van der Waals surface area contributed by atoms with E-state index in [0.717, 1.165) is 51.4 Å². The van der Waals surface area contributed by atoms with Crippen molar-refractivity contribution in [3.63, 3.8) is 0 Å². The van der Waals surface area contributed by atoms with E-state index in [2.05, 4.69) is 27.7 Å². The van der Waals surface area contributed by atoms with Gasteiger partial charge in [-0.05, 0) is 24.7 Å². The molecule has 137 valence electrons. The smallest absolute Gasteiger partial charge is 0.302 e. The van der Waals surface area contributed by atoms with Crippen LogP contribution in [0.5, 0.6) is 0 Å². The van der Waals surface area contributed by atoms with Crippen LogP contribution in [0.15, 0.2) is 0 Å². The van der Waals surface area contributed by atoms with Crippen LogP contribution in [0.4, 0.5) is 0 Å². The summed E-state index contributed by atoms with van der Waals surface area (Å²) in [6.07, 6.45) is 8.56. The van der Waals surface area contributed by atoms with Gasteiger partial charge in [0.05, 0.1) is 13.2 Å². The van der Waals surface area contributed by atoms with Crippen LogP contribution in [0.25, 0.3) is 0 Å². The molecule has 0 spiro atoms. The third kappa shape index (κ3) is 13.1. The van der Waals surface area contributed by atoms with Crippen LogP contribution in [0.2, 0.25) is 0 Å². The topological polar surface area (TPSA) is 55.8 Å². The minimum absolute atomic E-state index is 0. The molecule has 1 N–H and O–H groups in total. The number of phosphoric acid groups is 1. The second-order valence-electron chi connectivity index (χ2n) is 5.89. The molecule has 0 aliphatic rings. The molecule has 0 bridgehead atoms.